The summed E-state index contributed by atoms with van der Waals surface area (Å²) < 4.78 is 0.884. The highest BCUT2D eigenvalue weighted by Gasteiger charge is 2.25. The van der Waals surface area contributed by atoms with Crippen LogP contribution in [-0.2, 0) is 0 Å². The van der Waals surface area contributed by atoms with Crippen molar-refractivity contribution >= 4 is 21.6 Å². The Bertz CT molecular complexity index is 437. The lowest BCUT2D eigenvalue weighted by Crippen LogP contribution is -2.32. The van der Waals surface area contributed by atoms with Gasteiger partial charge in [0.1, 0.15) is 0 Å². The molecular weight excluding hydrogens is 308 g/mol. The molecule has 106 valence electrons. The van der Waals surface area contributed by atoms with Crippen molar-refractivity contribution in [2.75, 3.05) is 6.54 Å². The van der Waals surface area contributed by atoms with Crippen LogP contribution in [0.2, 0.25) is 0 Å². The van der Waals surface area contributed by atoms with Gasteiger partial charge in [0.05, 0.1) is 4.92 Å². The van der Waals surface area contributed by atoms with Gasteiger partial charge in [-0.1, -0.05) is 29.8 Å². The monoisotopic (exact) mass is 328 g/mol. The lowest BCUT2D eigenvalue weighted by molar-refractivity contribution is -0.385. The van der Waals surface area contributed by atoms with Crippen molar-refractivity contribution in [2.45, 2.75) is 45.6 Å². The summed E-state index contributed by atoms with van der Waals surface area (Å²) in [6.07, 6.45) is 1.93. The Kier molecular flexibility index (Phi) is 6.45. The van der Waals surface area contributed by atoms with Crippen LogP contribution in [0.15, 0.2) is 22.7 Å². The summed E-state index contributed by atoms with van der Waals surface area (Å²) in [5.41, 5.74) is 1.01. The van der Waals surface area contributed by atoms with E-state index in [0.29, 0.717) is 0 Å². The molecule has 0 saturated carbocycles. The molecule has 1 aromatic rings. The Morgan fingerprint density at radius 2 is 2.11 bits per heavy atom. The minimum atomic E-state index is -0.295. The molecule has 19 heavy (non-hydrogen) atoms. The maximum absolute atomic E-state index is 11.2. The van der Waals surface area contributed by atoms with E-state index in [1.807, 2.05) is 6.07 Å². The van der Waals surface area contributed by atoms with Gasteiger partial charge in [-0.3, -0.25) is 10.1 Å². The standard InChI is InChI=1S/C14H21BrN2O2/c1-4-8-16-10(3)12(5-2)13-9-11(15)6-7-14(13)17(18)19/h6-7,9-10,12,16H,4-5,8H2,1-3H3. The highest BCUT2D eigenvalue weighted by atomic mass is 79.9. The predicted molar refractivity (Wildman–Crippen MR) is 81.6 cm³/mol. The molecule has 5 heteroatoms. The number of nitro groups is 1. The number of nitro benzene ring substituents is 1. The number of halogens is 1. The topological polar surface area (TPSA) is 55.2 Å². The van der Waals surface area contributed by atoms with Crippen LogP contribution in [-0.4, -0.2) is 17.5 Å². The van der Waals surface area contributed by atoms with Crippen LogP contribution in [0.4, 0.5) is 5.69 Å². The van der Waals surface area contributed by atoms with Gasteiger partial charge in [-0.05, 0) is 38.4 Å². The third kappa shape index (κ3) is 4.28. The minimum absolute atomic E-state index is 0.143. The van der Waals surface area contributed by atoms with Crippen molar-refractivity contribution in [3.05, 3.63) is 38.3 Å². The zero-order valence-electron chi connectivity index (χ0n) is 11.6. The first-order chi connectivity index (χ1) is 9.01. The summed E-state index contributed by atoms with van der Waals surface area (Å²) in [5.74, 6) is 0.143. The van der Waals surface area contributed by atoms with Gasteiger partial charge in [0.15, 0.2) is 0 Å². The van der Waals surface area contributed by atoms with Crippen LogP contribution in [0.25, 0.3) is 0 Å². The first-order valence-electron chi connectivity index (χ1n) is 6.68. The van der Waals surface area contributed by atoms with Gasteiger partial charge >= 0.3 is 0 Å². The third-order valence-electron chi connectivity index (χ3n) is 3.35. The second kappa shape index (κ2) is 7.60. The Morgan fingerprint density at radius 1 is 1.42 bits per heavy atom. The van der Waals surface area contributed by atoms with Crippen LogP contribution in [0, 0.1) is 10.1 Å². The lowest BCUT2D eigenvalue weighted by atomic mass is 9.89. The van der Waals surface area contributed by atoms with Crippen LogP contribution in [0.3, 0.4) is 0 Å². The summed E-state index contributed by atoms with van der Waals surface area (Å²) >= 11 is 3.40. The molecule has 0 saturated heterocycles. The fourth-order valence-corrected chi connectivity index (χ4v) is 2.72. The maximum Gasteiger partial charge on any atom is 0.272 e. The molecule has 1 N–H and O–H groups in total. The average Bonchev–Trinajstić information content (AvgIpc) is 2.37. The van der Waals surface area contributed by atoms with Crippen LogP contribution >= 0.6 is 15.9 Å². The van der Waals surface area contributed by atoms with Crippen molar-refractivity contribution in [1.82, 2.24) is 5.32 Å². The van der Waals surface area contributed by atoms with E-state index in [9.17, 15) is 10.1 Å². The van der Waals surface area contributed by atoms with E-state index in [0.717, 1.165) is 29.4 Å². The number of rotatable bonds is 7. The molecule has 0 aliphatic heterocycles. The second-order valence-electron chi connectivity index (χ2n) is 4.72. The molecule has 2 atom stereocenters. The maximum atomic E-state index is 11.2. The van der Waals surface area contributed by atoms with E-state index in [1.54, 1.807) is 12.1 Å². The molecule has 0 heterocycles. The molecule has 0 spiro atoms. The van der Waals surface area contributed by atoms with Gasteiger partial charge in [-0.25, -0.2) is 0 Å². The van der Waals surface area contributed by atoms with Gasteiger partial charge < -0.3 is 5.32 Å². The first kappa shape index (κ1) is 16.1. The van der Waals surface area contributed by atoms with Crippen molar-refractivity contribution in [3.63, 3.8) is 0 Å². The van der Waals surface area contributed by atoms with Crippen LogP contribution in [0.5, 0.6) is 0 Å². The molecule has 1 aromatic carbocycles. The molecular formula is C14H21BrN2O2. The molecule has 0 bridgehead atoms. The Labute approximate surface area is 122 Å². The van der Waals surface area contributed by atoms with Gasteiger partial charge in [0, 0.05) is 28.1 Å². The smallest absolute Gasteiger partial charge is 0.272 e. The molecule has 1 rings (SSSR count). The highest BCUT2D eigenvalue weighted by Crippen LogP contribution is 2.33. The van der Waals surface area contributed by atoms with E-state index >= 15 is 0 Å². The molecule has 0 fully saturated rings. The third-order valence-corrected chi connectivity index (χ3v) is 3.84. The predicted octanol–water partition coefficient (Wildman–Crippen LogP) is 4.24. The van der Waals surface area contributed by atoms with Crippen molar-refractivity contribution in [2.24, 2.45) is 0 Å². The largest absolute Gasteiger partial charge is 0.314 e. The van der Waals surface area contributed by atoms with Crippen LogP contribution in [0.1, 0.15) is 45.1 Å². The first-order valence-corrected chi connectivity index (χ1v) is 7.47. The average molecular weight is 329 g/mol. The number of benzene rings is 1. The van der Waals surface area contributed by atoms with Gasteiger partial charge in [0.25, 0.3) is 5.69 Å². The quantitative estimate of drug-likeness (QED) is 0.601. The van der Waals surface area contributed by atoms with Gasteiger partial charge in [-0.15, -0.1) is 0 Å². The van der Waals surface area contributed by atoms with Crippen LogP contribution < -0.4 is 5.32 Å². The fraction of sp³-hybridized carbons (Fsp3) is 0.571. The number of nitrogens with one attached hydrogen (secondary N) is 1. The van der Waals surface area contributed by atoms with E-state index in [1.165, 1.54) is 0 Å². The molecule has 0 radical (unpaired) electrons. The molecule has 0 amide bonds. The van der Waals surface area contributed by atoms with Crippen molar-refractivity contribution in [3.8, 4) is 0 Å². The summed E-state index contributed by atoms with van der Waals surface area (Å²) in [5, 5.41) is 14.6. The molecule has 0 aromatic heterocycles. The SMILES string of the molecule is CCCNC(C)C(CC)c1cc(Br)ccc1[N+](=O)[O-]. The van der Waals surface area contributed by atoms with Crippen molar-refractivity contribution in [1.29, 1.82) is 0 Å². The number of hydrogen-bond donors (Lipinski definition) is 1. The van der Waals surface area contributed by atoms with E-state index in [-0.39, 0.29) is 22.6 Å². The van der Waals surface area contributed by atoms with Gasteiger partial charge in [0.2, 0.25) is 0 Å². The van der Waals surface area contributed by atoms with Gasteiger partial charge in [-0.2, -0.15) is 0 Å². The second-order valence-corrected chi connectivity index (χ2v) is 5.63. The summed E-state index contributed by atoms with van der Waals surface area (Å²) in [7, 11) is 0. The summed E-state index contributed by atoms with van der Waals surface area (Å²) in [6.45, 7) is 7.20. The normalized spacial score (nSPS) is 14.1. The van der Waals surface area contributed by atoms with Crippen molar-refractivity contribution < 1.29 is 4.92 Å². The fourth-order valence-electron chi connectivity index (χ4n) is 2.35. The summed E-state index contributed by atoms with van der Waals surface area (Å²) in [6, 6.07) is 5.39. The Morgan fingerprint density at radius 3 is 2.63 bits per heavy atom. The molecule has 0 aliphatic rings. The number of hydrogen-bond acceptors (Lipinski definition) is 3. The highest BCUT2D eigenvalue weighted by molar-refractivity contribution is 9.10. The van der Waals surface area contributed by atoms with E-state index < -0.39 is 0 Å². The Hall–Kier alpha value is -0.940. The minimum Gasteiger partial charge on any atom is -0.314 e. The molecule has 4 nitrogen and oxygen atoms in total. The zero-order valence-corrected chi connectivity index (χ0v) is 13.2. The zero-order chi connectivity index (χ0) is 14.4. The number of nitrogens with zero attached hydrogens (tertiary/aromatic N) is 1. The molecule has 0 aliphatic carbocycles. The van der Waals surface area contributed by atoms with E-state index in [2.05, 4.69) is 42.0 Å². The lowest BCUT2D eigenvalue weighted by Gasteiger charge is -2.24. The summed E-state index contributed by atoms with van der Waals surface area (Å²) in [4.78, 5) is 10.9. The Balaban J connectivity index is 3.09. The molecule has 2 unspecified atom stereocenters. The van der Waals surface area contributed by atoms with E-state index in [4.69, 9.17) is 0 Å².